The van der Waals surface area contributed by atoms with Crippen molar-refractivity contribution in [2.24, 2.45) is 0 Å². The van der Waals surface area contributed by atoms with Crippen LogP contribution in [-0.4, -0.2) is 0 Å². The fourth-order valence-corrected chi connectivity index (χ4v) is 2.30. The lowest BCUT2D eigenvalue weighted by Crippen LogP contribution is -2.09. The molecule has 0 aliphatic carbocycles. The Morgan fingerprint density at radius 1 is 0.727 bits per heavy atom. The molecule has 4 nitrogen and oxygen atoms in total. The second kappa shape index (κ2) is 5.79. The summed E-state index contributed by atoms with van der Waals surface area (Å²) in [6.45, 7) is 0. The highest BCUT2D eigenvalue weighted by Crippen LogP contribution is 2.32. The molecular weight excluding hydrogens is 274 g/mol. The van der Waals surface area contributed by atoms with Gasteiger partial charge in [0.15, 0.2) is 0 Å². The molecule has 0 radical (unpaired) electrons. The molecule has 0 saturated heterocycles. The van der Waals surface area contributed by atoms with Crippen LogP contribution in [0.3, 0.4) is 0 Å². The standard InChI is InChI=1S/C18H16N3O/c19-15-8-11-17(20)18(12-15)21(22)16-9-6-14(7-10-16)13-4-2-1-3-5-13/h1-12H,19-20H2/q-1. The van der Waals surface area contributed by atoms with Crippen molar-refractivity contribution < 1.29 is 0 Å². The quantitative estimate of drug-likeness (QED) is 0.561. The van der Waals surface area contributed by atoms with Crippen molar-refractivity contribution in [3.8, 4) is 11.1 Å². The number of anilines is 4. The zero-order valence-electron chi connectivity index (χ0n) is 11.9. The zero-order chi connectivity index (χ0) is 15.5. The summed E-state index contributed by atoms with van der Waals surface area (Å²) in [5, 5.41) is 13.2. The van der Waals surface area contributed by atoms with Gasteiger partial charge >= 0.3 is 0 Å². The van der Waals surface area contributed by atoms with Crippen molar-refractivity contribution in [2.75, 3.05) is 16.5 Å². The lowest BCUT2D eigenvalue weighted by Gasteiger charge is -2.32. The molecule has 0 fully saturated rings. The van der Waals surface area contributed by atoms with Gasteiger partial charge in [0.1, 0.15) is 0 Å². The highest BCUT2D eigenvalue weighted by Gasteiger charge is 2.05. The Labute approximate surface area is 129 Å². The summed E-state index contributed by atoms with van der Waals surface area (Å²) in [5.41, 5.74) is 15.5. The predicted octanol–water partition coefficient (Wildman–Crippen LogP) is 4.15. The van der Waals surface area contributed by atoms with E-state index in [1.165, 1.54) is 0 Å². The van der Waals surface area contributed by atoms with Gasteiger partial charge in [0.25, 0.3) is 0 Å². The van der Waals surface area contributed by atoms with Gasteiger partial charge in [-0.2, -0.15) is 0 Å². The molecule has 0 unspecified atom stereocenters. The summed E-state index contributed by atoms with van der Waals surface area (Å²) in [4.78, 5) is 0. The molecule has 110 valence electrons. The monoisotopic (exact) mass is 290 g/mol. The topological polar surface area (TPSA) is 78.3 Å². The molecule has 0 aliphatic rings. The first kappa shape index (κ1) is 14.0. The van der Waals surface area contributed by atoms with E-state index in [0.717, 1.165) is 16.2 Å². The molecule has 22 heavy (non-hydrogen) atoms. The van der Waals surface area contributed by atoms with Gasteiger partial charge < -0.3 is 21.7 Å². The Morgan fingerprint density at radius 2 is 1.36 bits per heavy atom. The van der Waals surface area contributed by atoms with Crippen molar-refractivity contribution in [3.05, 3.63) is 78.0 Å². The highest BCUT2D eigenvalue weighted by molar-refractivity contribution is 5.79. The molecule has 0 amide bonds. The first-order chi connectivity index (χ1) is 10.6. The summed E-state index contributed by atoms with van der Waals surface area (Å²) in [6, 6.07) is 22.3. The largest absolute Gasteiger partial charge is 0.754 e. The lowest BCUT2D eigenvalue weighted by atomic mass is 10.1. The van der Waals surface area contributed by atoms with Crippen LogP contribution in [0.2, 0.25) is 0 Å². The average molecular weight is 290 g/mol. The van der Waals surface area contributed by atoms with Gasteiger partial charge in [-0.25, -0.2) is 0 Å². The third-order valence-corrected chi connectivity index (χ3v) is 3.48. The summed E-state index contributed by atoms with van der Waals surface area (Å²) in [5.74, 6) is 0. The second-order valence-corrected chi connectivity index (χ2v) is 5.03. The van der Waals surface area contributed by atoms with E-state index in [-0.39, 0.29) is 0 Å². The minimum Gasteiger partial charge on any atom is -0.754 e. The Balaban J connectivity index is 1.91. The number of hydrogen-bond acceptors (Lipinski definition) is 4. The third kappa shape index (κ3) is 2.73. The van der Waals surface area contributed by atoms with Crippen LogP contribution in [-0.2, 0) is 0 Å². The number of nitrogens with two attached hydrogens (primary N) is 2. The molecule has 3 rings (SSSR count). The van der Waals surface area contributed by atoms with Crippen LogP contribution in [0.1, 0.15) is 0 Å². The van der Waals surface area contributed by atoms with E-state index in [9.17, 15) is 5.21 Å². The van der Waals surface area contributed by atoms with Crippen LogP contribution in [0.25, 0.3) is 11.1 Å². The van der Waals surface area contributed by atoms with Crippen molar-refractivity contribution in [1.29, 1.82) is 0 Å². The summed E-state index contributed by atoms with van der Waals surface area (Å²) >= 11 is 0. The molecule has 4 heteroatoms. The van der Waals surface area contributed by atoms with Crippen molar-refractivity contribution >= 4 is 22.7 Å². The maximum absolute atomic E-state index is 12.4. The second-order valence-electron chi connectivity index (χ2n) is 5.03. The van der Waals surface area contributed by atoms with Gasteiger partial charge in [0.05, 0.1) is 11.4 Å². The van der Waals surface area contributed by atoms with Gasteiger partial charge in [-0.15, -0.1) is 0 Å². The Kier molecular flexibility index (Phi) is 3.68. The molecule has 0 saturated carbocycles. The normalized spacial score (nSPS) is 10.4. The first-order valence-corrected chi connectivity index (χ1v) is 6.93. The molecule has 3 aromatic rings. The van der Waals surface area contributed by atoms with Gasteiger partial charge in [0, 0.05) is 11.4 Å². The Morgan fingerprint density at radius 3 is 2.05 bits per heavy atom. The zero-order valence-corrected chi connectivity index (χ0v) is 11.9. The third-order valence-electron chi connectivity index (χ3n) is 3.48. The SMILES string of the molecule is Nc1ccc(N)c(N([O-])c2ccc(-c3ccccc3)cc2)c1. The number of benzene rings is 3. The van der Waals surface area contributed by atoms with Crippen molar-refractivity contribution in [3.63, 3.8) is 0 Å². The van der Waals surface area contributed by atoms with E-state index in [1.54, 1.807) is 30.3 Å². The Hall–Kier alpha value is -2.98. The number of hydrogen-bond donors (Lipinski definition) is 2. The molecule has 0 atom stereocenters. The molecule has 0 bridgehead atoms. The molecule has 4 N–H and O–H groups in total. The van der Waals surface area contributed by atoms with Gasteiger partial charge in [0.2, 0.25) is 0 Å². The predicted molar refractivity (Wildman–Crippen MR) is 92.7 cm³/mol. The molecule has 0 spiro atoms. The van der Waals surface area contributed by atoms with Crippen LogP contribution >= 0.6 is 0 Å². The maximum atomic E-state index is 12.4. The summed E-state index contributed by atoms with van der Waals surface area (Å²) in [6.07, 6.45) is 0. The van der Waals surface area contributed by atoms with E-state index in [2.05, 4.69) is 0 Å². The van der Waals surface area contributed by atoms with Gasteiger partial charge in [-0.05, 0) is 41.5 Å². The van der Waals surface area contributed by atoms with Gasteiger partial charge in [-0.1, -0.05) is 42.5 Å². The van der Waals surface area contributed by atoms with E-state index in [4.69, 9.17) is 11.5 Å². The average Bonchev–Trinajstić information content (AvgIpc) is 2.57. The molecule has 3 aromatic carbocycles. The summed E-state index contributed by atoms with van der Waals surface area (Å²) < 4.78 is 0. The van der Waals surface area contributed by atoms with Crippen LogP contribution in [0.15, 0.2) is 72.8 Å². The van der Waals surface area contributed by atoms with E-state index in [1.807, 2.05) is 42.5 Å². The van der Waals surface area contributed by atoms with E-state index in [0.29, 0.717) is 22.7 Å². The van der Waals surface area contributed by atoms with E-state index < -0.39 is 0 Å². The minimum absolute atomic E-state index is 0.354. The molecule has 0 heterocycles. The summed E-state index contributed by atoms with van der Waals surface area (Å²) in [7, 11) is 0. The fourth-order valence-electron chi connectivity index (χ4n) is 2.30. The molecule has 0 aliphatic heterocycles. The van der Waals surface area contributed by atoms with Crippen LogP contribution < -0.4 is 16.5 Å². The highest BCUT2D eigenvalue weighted by atomic mass is 16.5. The number of rotatable bonds is 3. The molecular formula is C18H16N3O-. The van der Waals surface area contributed by atoms with E-state index >= 15 is 0 Å². The number of nitrogen functional groups attached to an aromatic ring is 2. The van der Waals surface area contributed by atoms with Crippen molar-refractivity contribution in [2.45, 2.75) is 0 Å². The minimum atomic E-state index is 0.354. The van der Waals surface area contributed by atoms with Crippen LogP contribution in [0.5, 0.6) is 0 Å². The first-order valence-electron chi connectivity index (χ1n) is 6.93. The van der Waals surface area contributed by atoms with Crippen molar-refractivity contribution in [1.82, 2.24) is 0 Å². The fraction of sp³-hybridized carbons (Fsp3) is 0. The lowest BCUT2D eigenvalue weighted by molar-refractivity contribution is 1.30. The maximum Gasteiger partial charge on any atom is 0.0558 e. The van der Waals surface area contributed by atoms with Gasteiger partial charge in [-0.3, -0.25) is 0 Å². The van der Waals surface area contributed by atoms with Crippen LogP contribution in [0, 0.1) is 5.21 Å². The molecule has 0 aromatic heterocycles. The smallest absolute Gasteiger partial charge is 0.0558 e. The Bertz CT molecular complexity index is 770. The van der Waals surface area contributed by atoms with Crippen LogP contribution in [0.4, 0.5) is 22.7 Å². The number of nitrogens with zero attached hydrogens (tertiary/aromatic N) is 1.